The van der Waals surface area contributed by atoms with Crippen LogP contribution in [0.15, 0.2) is 12.1 Å². The third-order valence-corrected chi connectivity index (χ3v) is 4.63. The highest BCUT2D eigenvalue weighted by Gasteiger charge is 2.38. The molecule has 1 aromatic carbocycles. The minimum absolute atomic E-state index is 0.0438. The maximum absolute atomic E-state index is 13.9. The molecule has 1 aromatic rings. The van der Waals surface area contributed by atoms with E-state index in [1.165, 1.54) is 6.42 Å². The molecule has 0 heterocycles. The Hall–Kier alpha value is -1.10. The van der Waals surface area contributed by atoms with Crippen LogP contribution in [0.4, 0.5) is 17.6 Å². The molecule has 0 N–H and O–H groups in total. The fourth-order valence-electron chi connectivity index (χ4n) is 3.40. The van der Waals surface area contributed by atoms with Crippen molar-refractivity contribution in [2.45, 2.75) is 57.5 Å². The van der Waals surface area contributed by atoms with Gasteiger partial charge >= 0.3 is 6.11 Å². The third kappa shape index (κ3) is 3.62. The van der Waals surface area contributed by atoms with Crippen molar-refractivity contribution in [2.75, 3.05) is 7.11 Å². The van der Waals surface area contributed by atoms with E-state index in [9.17, 15) is 17.6 Å². The molecule has 0 atom stereocenters. The maximum Gasteiger partial charge on any atom is 0.388 e. The molecular weight excluding hydrogens is 296 g/mol. The van der Waals surface area contributed by atoms with Crippen LogP contribution in [-0.2, 0) is 10.8 Å². The fourth-order valence-corrected chi connectivity index (χ4v) is 3.40. The third-order valence-electron chi connectivity index (χ3n) is 4.63. The standard InChI is InChI=1S/C17H22F4O/c1-3-4-11-5-7-12(8-6-11)13-9-14(18)16(15(19)10-13)17(20,21)22-2/h9-12H,3-8H2,1-2H3. The predicted molar refractivity (Wildman–Crippen MR) is 76.9 cm³/mol. The van der Waals surface area contributed by atoms with Gasteiger partial charge in [0.2, 0.25) is 0 Å². The lowest BCUT2D eigenvalue weighted by Crippen LogP contribution is -2.21. The lowest BCUT2D eigenvalue weighted by Gasteiger charge is -2.29. The number of alkyl halides is 2. The Kier molecular flexibility index (Phi) is 5.48. The Morgan fingerprint density at radius 2 is 1.64 bits per heavy atom. The quantitative estimate of drug-likeness (QED) is 0.630. The summed E-state index contributed by atoms with van der Waals surface area (Å²) in [6.45, 7) is 2.14. The number of rotatable bonds is 5. The van der Waals surface area contributed by atoms with Gasteiger partial charge in [-0.3, -0.25) is 0 Å². The molecule has 5 heteroatoms. The molecule has 2 rings (SSSR count). The normalized spacial score (nSPS) is 22.8. The molecule has 0 aliphatic heterocycles. The van der Waals surface area contributed by atoms with Gasteiger partial charge in [0.15, 0.2) is 0 Å². The summed E-state index contributed by atoms with van der Waals surface area (Å²) >= 11 is 0. The van der Waals surface area contributed by atoms with E-state index in [4.69, 9.17) is 0 Å². The molecule has 0 radical (unpaired) electrons. The molecule has 124 valence electrons. The van der Waals surface area contributed by atoms with Crippen LogP contribution >= 0.6 is 0 Å². The number of hydrogen-bond acceptors (Lipinski definition) is 1. The van der Waals surface area contributed by atoms with E-state index in [1.54, 1.807) is 0 Å². The molecule has 1 fully saturated rings. The summed E-state index contributed by atoms with van der Waals surface area (Å²) in [7, 11) is 0.724. The molecule has 0 spiro atoms. The Labute approximate surface area is 128 Å². The van der Waals surface area contributed by atoms with Crippen LogP contribution < -0.4 is 0 Å². The Morgan fingerprint density at radius 3 is 2.09 bits per heavy atom. The van der Waals surface area contributed by atoms with Gasteiger partial charge in [-0.1, -0.05) is 19.8 Å². The molecule has 0 amide bonds. The summed E-state index contributed by atoms with van der Waals surface area (Å²) in [4.78, 5) is 0. The zero-order valence-electron chi connectivity index (χ0n) is 13.0. The first-order chi connectivity index (χ1) is 10.4. The van der Waals surface area contributed by atoms with E-state index in [-0.39, 0.29) is 5.92 Å². The molecule has 22 heavy (non-hydrogen) atoms. The highest BCUT2D eigenvalue weighted by atomic mass is 19.3. The van der Waals surface area contributed by atoms with Gasteiger partial charge in [-0.05, 0) is 55.2 Å². The van der Waals surface area contributed by atoms with Crippen molar-refractivity contribution < 1.29 is 22.3 Å². The van der Waals surface area contributed by atoms with E-state index in [0.29, 0.717) is 11.5 Å². The van der Waals surface area contributed by atoms with Crippen LogP contribution in [0.5, 0.6) is 0 Å². The molecule has 0 bridgehead atoms. The van der Waals surface area contributed by atoms with Gasteiger partial charge in [0.05, 0.1) is 0 Å². The molecule has 1 nitrogen and oxygen atoms in total. The predicted octanol–water partition coefficient (Wildman–Crippen LogP) is 5.73. The summed E-state index contributed by atoms with van der Waals surface area (Å²) in [5.41, 5.74) is -0.834. The van der Waals surface area contributed by atoms with E-state index in [1.807, 2.05) is 0 Å². The van der Waals surface area contributed by atoms with Gasteiger partial charge in [0.1, 0.15) is 17.2 Å². The molecular formula is C17H22F4O. The summed E-state index contributed by atoms with van der Waals surface area (Å²) in [6.07, 6.45) is 2.11. The van der Waals surface area contributed by atoms with Crippen LogP contribution in [0.1, 0.15) is 62.5 Å². The lowest BCUT2D eigenvalue weighted by atomic mass is 9.77. The van der Waals surface area contributed by atoms with Gasteiger partial charge in [0.25, 0.3) is 0 Å². The van der Waals surface area contributed by atoms with Gasteiger partial charge in [-0.2, -0.15) is 8.78 Å². The first-order valence-corrected chi connectivity index (χ1v) is 7.81. The number of ether oxygens (including phenoxy) is 1. The largest absolute Gasteiger partial charge is 0.388 e. The van der Waals surface area contributed by atoms with E-state index in [0.717, 1.165) is 51.3 Å². The van der Waals surface area contributed by atoms with E-state index >= 15 is 0 Å². The zero-order valence-corrected chi connectivity index (χ0v) is 13.0. The first-order valence-electron chi connectivity index (χ1n) is 7.81. The molecule has 1 aliphatic rings. The van der Waals surface area contributed by atoms with E-state index in [2.05, 4.69) is 11.7 Å². The molecule has 1 saturated carbocycles. The Morgan fingerprint density at radius 1 is 1.09 bits per heavy atom. The highest BCUT2D eigenvalue weighted by Crippen LogP contribution is 2.40. The van der Waals surface area contributed by atoms with Crippen molar-refractivity contribution >= 4 is 0 Å². The van der Waals surface area contributed by atoms with E-state index < -0.39 is 23.3 Å². The molecule has 0 unspecified atom stereocenters. The second-order valence-corrected chi connectivity index (χ2v) is 6.09. The summed E-state index contributed by atoms with van der Waals surface area (Å²) < 4.78 is 58.6. The van der Waals surface area contributed by atoms with Crippen LogP contribution in [0.2, 0.25) is 0 Å². The lowest BCUT2D eigenvalue weighted by molar-refractivity contribution is -0.235. The second kappa shape index (κ2) is 6.99. The first kappa shape index (κ1) is 17.3. The monoisotopic (exact) mass is 318 g/mol. The van der Waals surface area contributed by atoms with Crippen LogP contribution in [0, 0.1) is 17.6 Å². The van der Waals surface area contributed by atoms with Gasteiger partial charge in [0, 0.05) is 7.11 Å². The molecule has 0 saturated heterocycles. The van der Waals surface area contributed by atoms with Gasteiger partial charge in [-0.25, -0.2) is 8.78 Å². The zero-order chi connectivity index (χ0) is 16.3. The smallest absolute Gasteiger partial charge is 0.320 e. The average Bonchev–Trinajstić information content (AvgIpc) is 2.47. The average molecular weight is 318 g/mol. The fraction of sp³-hybridized carbons (Fsp3) is 0.647. The Bertz CT molecular complexity index is 484. The molecule has 0 aromatic heterocycles. The second-order valence-electron chi connectivity index (χ2n) is 6.09. The van der Waals surface area contributed by atoms with Crippen LogP contribution in [0.3, 0.4) is 0 Å². The van der Waals surface area contributed by atoms with Crippen molar-refractivity contribution in [1.29, 1.82) is 0 Å². The van der Waals surface area contributed by atoms with Crippen molar-refractivity contribution in [3.8, 4) is 0 Å². The number of benzene rings is 1. The number of halogens is 4. The minimum atomic E-state index is -3.95. The van der Waals surface area contributed by atoms with Crippen LogP contribution in [-0.4, -0.2) is 7.11 Å². The molecule has 1 aliphatic carbocycles. The number of hydrogen-bond donors (Lipinski definition) is 0. The number of methoxy groups -OCH3 is 1. The maximum atomic E-state index is 13.9. The van der Waals surface area contributed by atoms with Gasteiger partial charge < -0.3 is 4.74 Å². The highest BCUT2D eigenvalue weighted by molar-refractivity contribution is 5.31. The SMILES string of the molecule is CCCC1CCC(c2cc(F)c(C(F)(F)OC)c(F)c2)CC1. The van der Waals surface area contributed by atoms with Crippen LogP contribution in [0.25, 0.3) is 0 Å². The van der Waals surface area contributed by atoms with Crippen molar-refractivity contribution in [3.63, 3.8) is 0 Å². The van der Waals surface area contributed by atoms with Crippen molar-refractivity contribution in [1.82, 2.24) is 0 Å². The topological polar surface area (TPSA) is 9.23 Å². The minimum Gasteiger partial charge on any atom is -0.320 e. The summed E-state index contributed by atoms with van der Waals surface area (Å²) in [5.74, 6) is -1.76. The van der Waals surface area contributed by atoms with Gasteiger partial charge in [-0.15, -0.1) is 0 Å². The summed E-state index contributed by atoms with van der Waals surface area (Å²) in [6, 6.07) is 2.08. The van der Waals surface area contributed by atoms with Crippen molar-refractivity contribution in [3.05, 3.63) is 34.9 Å². The Balaban J connectivity index is 2.18. The van der Waals surface area contributed by atoms with Crippen molar-refractivity contribution in [2.24, 2.45) is 5.92 Å². The summed E-state index contributed by atoms with van der Waals surface area (Å²) in [5, 5.41) is 0.